The second-order valence-corrected chi connectivity index (χ2v) is 2.54. The third-order valence-electron chi connectivity index (χ3n) is 1.67. The fourth-order valence-corrected chi connectivity index (χ4v) is 0.997. The third-order valence-corrected chi connectivity index (χ3v) is 1.67. The maximum absolute atomic E-state index is 10.5. The van der Waals surface area contributed by atoms with Crippen LogP contribution in [0.3, 0.4) is 0 Å². The van der Waals surface area contributed by atoms with Gasteiger partial charge in [-0.1, -0.05) is 0 Å². The Morgan fingerprint density at radius 1 is 1.36 bits per heavy atom. The van der Waals surface area contributed by atoms with Crippen molar-refractivity contribution in [2.24, 2.45) is 0 Å². The van der Waals surface area contributed by atoms with Crippen LogP contribution in [-0.2, 0) is 0 Å². The minimum atomic E-state index is -0.961. The number of aromatic nitrogens is 5. The minimum Gasteiger partial charge on any atom is -0.478 e. The molecule has 7 heteroatoms. The number of hydrogen-bond acceptors (Lipinski definition) is 4. The molecule has 2 rings (SSSR count). The molecule has 2 aromatic rings. The van der Waals surface area contributed by atoms with Crippen LogP contribution < -0.4 is 4.80 Å². The van der Waals surface area contributed by atoms with E-state index in [1.54, 1.807) is 12.1 Å². The van der Waals surface area contributed by atoms with E-state index in [1.807, 2.05) is 0 Å². The summed E-state index contributed by atoms with van der Waals surface area (Å²) in [7, 11) is 0. The number of carboxylic acid groups (broad SMARTS) is 1. The van der Waals surface area contributed by atoms with Gasteiger partial charge < -0.3 is 5.11 Å². The standard InChI is InChI=1S/C7H5N5O2/c13-7(14)5-1-3-6(4-2-5)12-10-8-9-11-12/h1-4H,(H,13,14)/p+1. The first-order valence-electron chi connectivity index (χ1n) is 3.77. The molecule has 0 atom stereocenters. The van der Waals surface area contributed by atoms with Crippen molar-refractivity contribution in [2.45, 2.75) is 0 Å². The lowest BCUT2D eigenvalue weighted by atomic mass is 10.2. The summed E-state index contributed by atoms with van der Waals surface area (Å²) in [6.45, 7) is 0. The van der Waals surface area contributed by atoms with Gasteiger partial charge in [-0.15, -0.1) is 0 Å². The van der Waals surface area contributed by atoms with Gasteiger partial charge in [-0.25, -0.2) is 4.79 Å². The number of nitrogens with one attached hydrogen (secondary N) is 1. The summed E-state index contributed by atoms with van der Waals surface area (Å²) in [4.78, 5) is 11.9. The Balaban J connectivity index is 2.36. The molecule has 1 heterocycles. The monoisotopic (exact) mass is 192 g/mol. The predicted octanol–water partition coefficient (Wildman–Crippen LogP) is -0.825. The van der Waals surface area contributed by atoms with Crippen molar-refractivity contribution in [2.75, 3.05) is 0 Å². The topological polar surface area (TPSA) is 95.6 Å². The number of rotatable bonds is 2. The molecule has 0 aliphatic rings. The zero-order valence-electron chi connectivity index (χ0n) is 6.95. The average Bonchev–Trinajstić information content (AvgIpc) is 2.71. The second-order valence-electron chi connectivity index (χ2n) is 2.54. The zero-order chi connectivity index (χ0) is 9.97. The molecule has 7 nitrogen and oxygen atoms in total. The molecule has 0 unspecified atom stereocenters. The van der Waals surface area contributed by atoms with Crippen molar-refractivity contribution in [3.63, 3.8) is 0 Å². The third kappa shape index (κ3) is 1.42. The number of hydrogen-bond donors (Lipinski definition) is 2. The number of aromatic carboxylic acids is 1. The van der Waals surface area contributed by atoms with Crippen LogP contribution >= 0.6 is 0 Å². The van der Waals surface area contributed by atoms with Gasteiger partial charge in [-0.05, 0) is 34.3 Å². The van der Waals surface area contributed by atoms with Crippen molar-refractivity contribution in [3.05, 3.63) is 29.8 Å². The molecule has 0 aliphatic heterocycles. The molecule has 1 aromatic heterocycles. The Kier molecular flexibility index (Phi) is 1.90. The first kappa shape index (κ1) is 8.30. The normalized spacial score (nSPS) is 10.0. The lowest BCUT2D eigenvalue weighted by Crippen LogP contribution is -2.36. The summed E-state index contributed by atoms with van der Waals surface area (Å²) in [5.41, 5.74) is 0.891. The van der Waals surface area contributed by atoms with E-state index in [0.29, 0.717) is 5.69 Å². The summed E-state index contributed by atoms with van der Waals surface area (Å²) in [5, 5.41) is 21.5. The van der Waals surface area contributed by atoms with E-state index >= 15 is 0 Å². The van der Waals surface area contributed by atoms with Crippen LogP contribution in [0.1, 0.15) is 10.4 Å². The predicted molar refractivity (Wildman–Crippen MR) is 42.7 cm³/mol. The Morgan fingerprint density at radius 3 is 2.57 bits per heavy atom. The molecule has 14 heavy (non-hydrogen) atoms. The highest BCUT2D eigenvalue weighted by atomic mass is 16.4. The summed E-state index contributed by atoms with van der Waals surface area (Å²) >= 11 is 0. The highest BCUT2D eigenvalue weighted by Gasteiger charge is 2.07. The van der Waals surface area contributed by atoms with E-state index in [1.165, 1.54) is 16.9 Å². The highest BCUT2D eigenvalue weighted by molar-refractivity contribution is 5.87. The summed E-state index contributed by atoms with van der Waals surface area (Å²) in [6.07, 6.45) is 0. The molecule has 0 saturated heterocycles. The maximum atomic E-state index is 10.5. The minimum absolute atomic E-state index is 0.224. The summed E-state index contributed by atoms with van der Waals surface area (Å²) in [5.74, 6) is -0.961. The van der Waals surface area contributed by atoms with Gasteiger partial charge in [0.05, 0.1) is 5.56 Å². The van der Waals surface area contributed by atoms with Crippen molar-refractivity contribution in [1.29, 1.82) is 0 Å². The summed E-state index contributed by atoms with van der Waals surface area (Å²) < 4.78 is 0. The van der Waals surface area contributed by atoms with Crippen LogP contribution in [0.5, 0.6) is 0 Å². The number of nitrogens with zero attached hydrogens (tertiary/aromatic N) is 4. The van der Waals surface area contributed by atoms with Gasteiger partial charge in [0.1, 0.15) is 5.21 Å². The van der Waals surface area contributed by atoms with Crippen LogP contribution in [0.25, 0.3) is 5.69 Å². The molecule has 0 spiro atoms. The van der Waals surface area contributed by atoms with Crippen LogP contribution in [0.15, 0.2) is 24.3 Å². The highest BCUT2D eigenvalue weighted by Crippen LogP contribution is 2.02. The van der Waals surface area contributed by atoms with E-state index in [9.17, 15) is 4.79 Å². The van der Waals surface area contributed by atoms with Crippen LogP contribution in [0.4, 0.5) is 0 Å². The van der Waals surface area contributed by atoms with Crippen LogP contribution in [0, 0.1) is 0 Å². The molecule has 0 radical (unpaired) electrons. The van der Waals surface area contributed by atoms with Gasteiger partial charge in [0, 0.05) is 0 Å². The quantitative estimate of drug-likeness (QED) is 0.606. The van der Waals surface area contributed by atoms with Gasteiger partial charge in [0.2, 0.25) is 10.4 Å². The Morgan fingerprint density at radius 2 is 2.07 bits per heavy atom. The molecule has 0 aliphatic carbocycles. The molecule has 1 aromatic carbocycles. The van der Waals surface area contributed by atoms with E-state index in [4.69, 9.17) is 5.11 Å². The summed E-state index contributed by atoms with van der Waals surface area (Å²) in [6, 6.07) is 6.17. The van der Waals surface area contributed by atoms with Crippen LogP contribution in [-0.4, -0.2) is 31.9 Å². The molecule has 0 amide bonds. The Bertz CT molecular complexity index is 436. The van der Waals surface area contributed by atoms with Crippen molar-refractivity contribution < 1.29 is 14.7 Å². The van der Waals surface area contributed by atoms with E-state index in [2.05, 4.69) is 20.9 Å². The fourth-order valence-electron chi connectivity index (χ4n) is 0.997. The number of aromatic amines is 1. The van der Waals surface area contributed by atoms with Crippen molar-refractivity contribution >= 4 is 5.97 Å². The smallest absolute Gasteiger partial charge is 0.335 e. The number of carboxylic acids is 1. The van der Waals surface area contributed by atoms with Gasteiger partial charge in [0.25, 0.3) is 0 Å². The Hall–Kier alpha value is -2.31. The number of benzene rings is 1. The fraction of sp³-hybridized carbons (Fsp3) is 0. The molecule has 0 bridgehead atoms. The van der Waals surface area contributed by atoms with Crippen molar-refractivity contribution in [1.82, 2.24) is 20.9 Å². The van der Waals surface area contributed by atoms with E-state index < -0.39 is 5.97 Å². The van der Waals surface area contributed by atoms with Gasteiger partial charge in [-0.3, -0.25) is 0 Å². The first-order valence-corrected chi connectivity index (χ1v) is 3.77. The van der Waals surface area contributed by atoms with Crippen LogP contribution in [0.2, 0.25) is 0 Å². The molecular weight excluding hydrogens is 186 g/mol. The molecule has 0 saturated carbocycles. The van der Waals surface area contributed by atoms with E-state index in [0.717, 1.165) is 0 Å². The number of carbonyl (C=O) groups is 1. The lowest BCUT2D eigenvalue weighted by Gasteiger charge is -1.94. The number of H-pyrrole nitrogens is 1. The van der Waals surface area contributed by atoms with Crippen molar-refractivity contribution in [3.8, 4) is 5.69 Å². The zero-order valence-corrected chi connectivity index (χ0v) is 6.95. The molecular formula is C7H6N5O2+. The molecule has 0 fully saturated rings. The lowest BCUT2D eigenvalue weighted by molar-refractivity contribution is -0.719. The van der Waals surface area contributed by atoms with E-state index in [-0.39, 0.29) is 5.56 Å². The van der Waals surface area contributed by atoms with Gasteiger partial charge in [-0.2, -0.15) is 0 Å². The van der Waals surface area contributed by atoms with Gasteiger partial charge >= 0.3 is 5.97 Å². The SMILES string of the molecule is O=C(O)c1ccc(-[n+]2nnn[nH]2)cc1. The average molecular weight is 192 g/mol. The maximum Gasteiger partial charge on any atom is 0.335 e. The van der Waals surface area contributed by atoms with Gasteiger partial charge in [0.15, 0.2) is 5.69 Å². The first-order chi connectivity index (χ1) is 6.77. The molecule has 70 valence electrons. The Labute approximate surface area is 77.9 Å². The molecule has 2 N–H and O–H groups in total. The largest absolute Gasteiger partial charge is 0.478 e. The second kappa shape index (κ2) is 3.21.